The van der Waals surface area contributed by atoms with E-state index in [9.17, 15) is 9.59 Å². The number of carbonyl (C=O) groups excluding carboxylic acids is 2. The van der Waals surface area contributed by atoms with Gasteiger partial charge in [-0.1, -0.05) is 12.1 Å². The zero-order valence-electron chi connectivity index (χ0n) is 18.7. The lowest BCUT2D eigenvalue weighted by atomic mass is 10.1. The van der Waals surface area contributed by atoms with E-state index >= 15 is 0 Å². The molecule has 1 saturated carbocycles. The minimum atomic E-state index is -0.610. The lowest BCUT2D eigenvalue weighted by molar-refractivity contribution is -0.104. The summed E-state index contributed by atoms with van der Waals surface area (Å²) < 4.78 is 5.71. The molecule has 1 aromatic rings. The van der Waals surface area contributed by atoms with Gasteiger partial charge in [0.2, 0.25) is 0 Å². The number of hydrogen-bond acceptors (Lipinski definition) is 7. The first-order valence-electron chi connectivity index (χ1n) is 10.5. The van der Waals surface area contributed by atoms with Crippen molar-refractivity contribution in [2.45, 2.75) is 45.3 Å². The molecule has 31 heavy (non-hydrogen) atoms. The second-order valence-electron chi connectivity index (χ2n) is 9.16. The fourth-order valence-electron chi connectivity index (χ4n) is 3.54. The van der Waals surface area contributed by atoms with Gasteiger partial charge in [0.1, 0.15) is 11.4 Å². The number of aldehydes is 1. The third-order valence-electron chi connectivity index (χ3n) is 5.20. The van der Waals surface area contributed by atoms with Crippen LogP contribution in [0.25, 0.3) is 0 Å². The van der Waals surface area contributed by atoms with E-state index in [2.05, 4.69) is 5.43 Å². The van der Waals surface area contributed by atoms with Gasteiger partial charge in [-0.3, -0.25) is 9.69 Å². The van der Waals surface area contributed by atoms with Crippen LogP contribution >= 0.6 is 0 Å². The van der Waals surface area contributed by atoms with Crippen molar-refractivity contribution in [1.82, 2.24) is 15.3 Å². The average Bonchev–Trinajstić information content (AvgIpc) is 3.44. The molecule has 0 saturated heterocycles. The van der Waals surface area contributed by atoms with Gasteiger partial charge in [0.25, 0.3) is 0 Å². The number of amides is 1. The molecule has 1 aliphatic carbocycles. The number of ether oxygens (including phenoxy) is 1. The number of hydrazine groups is 1. The molecule has 0 radical (unpaired) electrons. The van der Waals surface area contributed by atoms with Gasteiger partial charge in [-0.05, 0) is 45.7 Å². The molecule has 4 rings (SSSR count). The highest BCUT2D eigenvalue weighted by Crippen LogP contribution is 2.37. The van der Waals surface area contributed by atoms with Crippen molar-refractivity contribution in [2.75, 3.05) is 25.5 Å². The maximum Gasteiger partial charge on any atom is 0.416 e. The number of benzene rings is 1. The number of rotatable bonds is 5. The van der Waals surface area contributed by atoms with Crippen LogP contribution in [0.15, 0.2) is 52.5 Å². The molecule has 1 aromatic carbocycles. The Balaban J connectivity index is 1.80. The van der Waals surface area contributed by atoms with Crippen molar-refractivity contribution in [3.63, 3.8) is 0 Å². The number of carbonyl (C=O) groups is 2. The first-order chi connectivity index (χ1) is 14.7. The molecule has 1 fully saturated rings. The number of allylic oxidation sites excluding steroid dienone is 1. The first-order valence-corrected chi connectivity index (χ1v) is 10.5. The fraction of sp³-hybridized carbons (Fsp3) is 0.435. The molecule has 8 heteroatoms. The van der Waals surface area contributed by atoms with Crippen LogP contribution in [0.4, 0.5) is 10.5 Å². The van der Waals surface area contributed by atoms with Crippen molar-refractivity contribution in [1.29, 1.82) is 0 Å². The van der Waals surface area contributed by atoms with Crippen LogP contribution < -0.4 is 10.3 Å². The summed E-state index contributed by atoms with van der Waals surface area (Å²) in [6, 6.07) is 8.09. The second-order valence-corrected chi connectivity index (χ2v) is 9.16. The number of nitrogens with one attached hydrogen (secondary N) is 1. The Hall–Kier alpha value is -3.13. The van der Waals surface area contributed by atoms with Crippen molar-refractivity contribution >= 4 is 23.8 Å². The van der Waals surface area contributed by atoms with Gasteiger partial charge in [-0.15, -0.1) is 0 Å². The largest absolute Gasteiger partial charge is 0.443 e. The van der Waals surface area contributed by atoms with E-state index in [1.807, 2.05) is 70.1 Å². The van der Waals surface area contributed by atoms with Crippen LogP contribution in [0.2, 0.25) is 0 Å². The normalized spacial score (nSPS) is 18.3. The van der Waals surface area contributed by atoms with Gasteiger partial charge in [0, 0.05) is 44.0 Å². The summed E-state index contributed by atoms with van der Waals surface area (Å²) in [7, 11) is 3.96. The zero-order chi connectivity index (χ0) is 22.3. The van der Waals surface area contributed by atoms with Gasteiger partial charge in [0.15, 0.2) is 12.1 Å². The Labute approximate surface area is 182 Å². The van der Waals surface area contributed by atoms with Crippen molar-refractivity contribution in [3.8, 4) is 0 Å². The summed E-state index contributed by atoms with van der Waals surface area (Å²) in [6.07, 6.45) is 4.13. The Morgan fingerprint density at radius 3 is 2.65 bits per heavy atom. The van der Waals surface area contributed by atoms with Gasteiger partial charge in [-0.25, -0.2) is 20.2 Å². The minimum Gasteiger partial charge on any atom is -0.443 e. The van der Waals surface area contributed by atoms with Gasteiger partial charge in [0.05, 0.1) is 11.3 Å². The quantitative estimate of drug-likeness (QED) is 0.734. The molecule has 0 unspecified atom stereocenters. The van der Waals surface area contributed by atoms with Crippen molar-refractivity contribution < 1.29 is 14.3 Å². The summed E-state index contributed by atoms with van der Waals surface area (Å²) in [5.41, 5.74) is 5.77. The molecule has 2 heterocycles. The SMILES string of the molecule is CN(C)c1cccc(C2=NC3=C(C=O)CNN3C(N(C(=O)OC(C)(C)C)C3CC3)=C2)c1. The topological polar surface area (TPSA) is 77.5 Å². The second kappa shape index (κ2) is 7.85. The maximum atomic E-state index is 13.1. The number of hydrogen-bond donors (Lipinski definition) is 1. The molecule has 2 aliphatic heterocycles. The monoisotopic (exact) mass is 423 g/mol. The molecular formula is C23H29N5O3. The molecular weight excluding hydrogens is 394 g/mol. The molecule has 0 atom stereocenters. The Bertz CT molecular complexity index is 999. The lowest BCUT2D eigenvalue weighted by Crippen LogP contribution is -2.46. The van der Waals surface area contributed by atoms with Gasteiger partial charge >= 0.3 is 6.09 Å². The van der Waals surface area contributed by atoms with E-state index in [1.165, 1.54) is 0 Å². The van der Waals surface area contributed by atoms with Gasteiger partial charge < -0.3 is 9.64 Å². The third-order valence-corrected chi connectivity index (χ3v) is 5.20. The van der Waals surface area contributed by atoms with E-state index < -0.39 is 11.7 Å². The van der Waals surface area contributed by atoms with E-state index in [0.29, 0.717) is 29.5 Å². The summed E-state index contributed by atoms with van der Waals surface area (Å²) in [5.74, 6) is 1.15. The molecule has 0 spiro atoms. The van der Waals surface area contributed by atoms with Crippen LogP contribution in [0.5, 0.6) is 0 Å². The standard InChI is InChI=1S/C23H29N5O3/c1-23(2,3)31-22(30)27(17-9-10-17)20-12-19(15-7-6-8-18(11-15)26(4)5)25-21-16(14-29)13-24-28(20)21/h6-8,11-12,14,17,24H,9-10,13H2,1-5H3. The Kier molecular flexibility index (Phi) is 5.35. The molecule has 1 N–H and O–H groups in total. The van der Waals surface area contributed by atoms with Crippen LogP contribution in [0.3, 0.4) is 0 Å². The predicted molar refractivity (Wildman–Crippen MR) is 119 cm³/mol. The van der Waals surface area contributed by atoms with Gasteiger partial charge in [-0.2, -0.15) is 0 Å². The molecule has 164 valence electrons. The summed E-state index contributed by atoms with van der Waals surface area (Å²) in [5, 5.41) is 1.73. The molecule has 8 nitrogen and oxygen atoms in total. The first kappa shape index (κ1) is 21.1. The molecule has 0 bridgehead atoms. The van der Waals surface area contributed by atoms with Crippen molar-refractivity contribution in [2.24, 2.45) is 4.99 Å². The third kappa shape index (κ3) is 4.34. The molecule has 3 aliphatic rings. The maximum absolute atomic E-state index is 13.1. The van der Waals surface area contributed by atoms with E-state index in [1.54, 1.807) is 9.91 Å². The highest BCUT2D eigenvalue weighted by molar-refractivity contribution is 6.11. The summed E-state index contributed by atoms with van der Waals surface area (Å²) >= 11 is 0. The minimum absolute atomic E-state index is 0.0666. The number of fused-ring (bicyclic) bond motifs is 1. The van der Waals surface area contributed by atoms with Crippen molar-refractivity contribution in [3.05, 3.63) is 53.1 Å². The van der Waals surface area contributed by atoms with Crippen LogP contribution in [0.1, 0.15) is 39.2 Å². The Morgan fingerprint density at radius 2 is 2.03 bits per heavy atom. The summed E-state index contributed by atoms with van der Waals surface area (Å²) in [4.78, 5) is 33.3. The highest BCUT2D eigenvalue weighted by atomic mass is 16.6. The molecule has 1 amide bonds. The number of anilines is 1. The molecule has 0 aromatic heterocycles. The van der Waals surface area contributed by atoms with Crippen LogP contribution in [-0.2, 0) is 9.53 Å². The zero-order valence-corrected chi connectivity index (χ0v) is 18.7. The van der Waals surface area contributed by atoms with Crippen LogP contribution in [-0.4, -0.2) is 60.3 Å². The number of aliphatic imine (C=N–C) groups is 1. The summed E-state index contributed by atoms with van der Waals surface area (Å²) in [6.45, 7) is 5.93. The predicted octanol–water partition coefficient (Wildman–Crippen LogP) is 3.03. The number of nitrogens with zero attached hydrogens (tertiary/aromatic N) is 4. The smallest absolute Gasteiger partial charge is 0.416 e. The highest BCUT2D eigenvalue weighted by Gasteiger charge is 2.42. The Morgan fingerprint density at radius 1 is 1.29 bits per heavy atom. The van der Waals surface area contributed by atoms with E-state index in [-0.39, 0.29) is 6.04 Å². The average molecular weight is 424 g/mol. The van der Waals surface area contributed by atoms with E-state index in [4.69, 9.17) is 9.73 Å². The lowest BCUT2D eigenvalue weighted by Gasteiger charge is -2.35. The fourth-order valence-corrected chi connectivity index (χ4v) is 3.54. The van der Waals surface area contributed by atoms with E-state index in [0.717, 1.165) is 30.4 Å². The van der Waals surface area contributed by atoms with Crippen LogP contribution in [0, 0.1) is 0 Å².